The van der Waals surface area contributed by atoms with E-state index in [0.717, 1.165) is 17.8 Å². The van der Waals surface area contributed by atoms with Gasteiger partial charge < -0.3 is 10.1 Å². The summed E-state index contributed by atoms with van der Waals surface area (Å²) in [5.74, 6) is 0. The van der Waals surface area contributed by atoms with Crippen molar-refractivity contribution in [2.45, 2.75) is 27.2 Å². The van der Waals surface area contributed by atoms with Crippen LogP contribution in [-0.2, 0) is 6.42 Å². The first-order valence-corrected chi connectivity index (χ1v) is 7.35. The van der Waals surface area contributed by atoms with Crippen molar-refractivity contribution in [2.75, 3.05) is 6.54 Å². The molecule has 0 spiro atoms. The number of hydrogen-bond acceptors (Lipinski definition) is 2. The number of hydrogen-bond donors (Lipinski definition) is 1. The lowest BCUT2D eigenvalue weighted by Gasteiger charge is -2.08. The Bertz CT molecular complexity index is 800. The molecule has 0 unspecified atom stereocenters. The predicted molar refractivity (Wildman–Crippen MR) is 87.6 cm³/mol. The normalized spacial score (nSPS) is 11.2. The molecule has 2 heterocycles. The van der Waals surface area contributed by atoms with Crippen LogP contribution in [-0.4, -0.2) is 15.9 Å². The van der Waals surface area contributed by atoms with Gasteiger partial charge in [-0.3, -0.25) is 0 Å². The Hall–Kier alpha value is -2.13. The molecule has 0 bridgehead atoms. The van der Waals surface area contributed by atoms with E-state index in [4.69, 9.17) is 10.7 Å². The van der Waals surface area contributed by atoms with Crippen molar-refractivity contribution in [3.63, 3.8) is 0 Å². The van der Waals surface area contributed by atoms with Gasteiger partial charge >= 0.3 is 0 Å². The van der Waals surface area contributed by atoms with Gasteiger partial charge in [-0.2, -0.15) is 0 Å². The van der Waals surface area contributed by atoms with E-state index < -0.39 is 0 Å². The molecule has 0 saturated heterocycles. The molecule has 2 N–H and O–H groups in total. The maximum absolute atomic E-state index is 5.81. The summed E-state index contributed by atoms with van der Waals surface area (Å²) >= 11 is 0. The highest BCUT2D eigenvalue weighted by molar-refractivity contribution is 5.70. The second kappa shape index (κ2) is 5.34. The molecule has 3 nitrogen and oxygen atoms in total. The Labute approximate surface area is 125 Å². The van der Waals surface area contributed by atoms with Gasteiger partial charge in [0.1, 0.15) is 5.65 Å². The van der Waals surface area contributed by atoms with Gasteiger partial charge in [0.05, 0.1) is 11.4 Å². The third kappa shape index (κ3) is 2.45. The summed E-state index contributed by atoms with van der Waals surface area (Å²) in [4.78, 5) is 4.87. The summed E-state index contributed by atoms with van der Waals surface area (Å²) in [6.45, 7) is 6.97. The van der Waals surface area contributed by atoms with E-state index in [0.29, 0.717) is 6.54 Å². The monoisotopic (exact) mass is 279 g/mol. The van der Waals surface area contributed by atoms with Crippen LogP contribution in [0, 0.1) is 20.8 Å². The molecule has 0 aliphatic carbocycles. The van der Waals surface area contributed by atoms with Crippen LogP contribution in [0.1, 0.15) is 22.4 Å². The second-order valence-corrected chi connectivity index (χ2v) is 5.70. The highest BCUT2D eigenvalue weighted by Crippen LogP contribution is 2.28. The van der Waals surface area contributed by atoms with Gasteiger partial charge in [0.2, 0.25) is 0 Å². The van der Waals surface area contributed by atoms with Gasteiger partial charge in [-0.05, 0) is 56.6 Å². The highest BCUT2D eigenvalue weighted by Gasteiger charge is 2.15. The number of pyridine rings is 1. The van der Waals surface area contributed by atoms with Gasteiger partial charge in [0.25, 0.3) is 0 Å². The SMILES string of the molecule is Cc1ccc(C)c(-c2nc3cc(C)ccn3c2CCN)c1. The first-order chi connectivity index (χ1) is 10.1. The summed E-state index contributed by atoms with van der Waals surface area (Å²) < 4.78 is 2.16. The van der Waals surface area contributed by atoms with E-state index in [2.05, 4.69) is 61.7 Å². The van der Waals surface area contributed by atoms with Gasteiger partial charge in [-0.25, -0.2) is 4.98 Å². The highest BCUT2D eigenvalue weighted by atomic mass is 15.0. The van der Waals surface area contributed by atoms with Crippen molar-refractivity contribution in [1.29, 1.82) is 0 Å². The maximum atomic E-state index is 5.81. The van der Waals surface area contributed by atoms with Gasteiger partial charge in [-0.15, -0.1) is 0 Å². The largest absolute Gasteiger partial charge is 0.330 e. The van der Waals surface area contributed by atoms with Gasteiger partial charge in [0.15, 0.2) is 0 Å². The quantitative estimate of drug-likeness (QED) is 0.798. The molecule has 0 aliphatic heterocycles. The lowest BCUT2D eigenvalue weighted by Crippen LogP contribution is -2.06. The zero-order chi connectivity index (χ0) is 15.0. The average Bonchev–Trinajstić information content (AvgIpc) is 2.80. The topological polar surface area (TPSA) is 43.3 Å². The Morgan fingerprint density at radius 2 is 1.81 bits per heavy atom. The predicted octanol–water partition coefficient (Wildman–Crippen LogP) is 3.43. The molecule has 0 aliphatic rings. The first kappa shape index (κ1) is 13.8. The zero-order valence-corrected chi connectivity index (χ0v) is 12.9. The third-order valence-electron chi connectivity index (χ3n) is 3.91. The molecule has 0 amide bonds. The van der Waals surface area contributed by atoms with E-state index in [9.17, 15) is 0 Å². The fourth-order valence-corrected chi connectivity index (χ4v) is 2.78. The number of aryl methyl sites for hydroxylation is 3. The minimum atomic E-state index is 0.625. The molecule has 2 aromatic heterocycles. The minimum absolute atomic E-state index is 0.625. The molecule has 0 saturated carbocycles. The zero-order valence-electron chi connectivity index (χ0n) is 12.9. The summed E-state index contributed by atoms with van der Waals surface area (Å²) in [6.07, 6.45) is 2.92. The van der Waals surface area contributed by atoms with E-state index in [1.54, 1.807) is 0 Å². The number of rotatable bonds is 3. The van der Waals surface area contributed by atoms with Crippen molar-refractivity contribution < 1.29 is 0 Å². The van der Waals surface area contributed by atoms with Crippen molar-refractivity contribution in [1.82, 2.24) is 9.38 Å². The first-order valence-electron chi connectivity index (χ1n) is 7.35. The molecule has 3 aromatic rings. The molecule has 0 fully saturated rings. The summed E-state index contributed by atoms with van der Waals surface area (Å²) in [7, 11) is 0. The second-order valence-electron chi connectivity index (χ2n) is 5.70. The van der Waals surface area contributed by atoms with Crippen molar-refractivity contribution >= 4 is 5.65 Å². The standard InChI is InChI=1S/C18H21N3/c1-12-4-5-14(3)15(10-12)18-16(6-8-19)21-9-7-13(2)11-17(21)20-18/h4-5,7,9-11H,6,8,19H2,1-3H3. The minimum Gasteiger partial charge on any atom is -0.330 e. The Balaban J connectivity index is 2.30. The molecule has 3 heteroatoms. The Morgan fingerprint density at radius 1 is 1.05 bits per heavy atom. The molecule has 0 radical (unpaired) electrons. The number of nitrogens with zero attached hydrogens (tertiary/aromatic N) is 2. The Kier molecular flexibility index (Phi) is 3.52. The van der Waals surface area contributed by atoms with Crippen LogP contribution >= 0.6 is 0 Å². The fraction of sp³-hybridized carbons (Fsp3) is 0.278. The fourth-order valence-electron chi connectivity index (χ4n) is 2.78. The van der Waals surface area contributed by atoms with Crippen LogP contribution in [0.2, 0.25) is 0 Å². The van der Waals surface area contributed by atoms with Crippen molar-refractivity contribution in [2.24, 2.45) is 5.73 Å². The molecule has 3 rings (SSSR count). The summed E-state index contributed by atoms with van der Waals surface area (Å²) in [5, 5.41) is 0. The molecule has 108 valence electrons. The summed E-state index contributed by atoms with van der Waals surface area (Å²) in [6, 6.07) is 10.7. The van der Waals surface area contributed by atoms with Gasteiger partial charge in [0, 0.05) is 18.2 Å². The third-order valence-corrected chi connectivity index (χ3v) is 3.91. The van der Waals surface area contributed by atoms with E-state index >= 15 is 0 Å². The Morgan fingerprint density at radius 3 is 2.57 bits per heavy atom. The number of fused-ring (bicyclic) bond motifs is 1. The maximum Gasteiger partial charge on any atom is 0.137 e. The number of aromatic nitrogens is 2. The molecule has 0 atom stereocenters. The van der Waals surface area contributed by atoms with E-state index in [1.165, 1.54) is 27.9 Å². The smallest absolute Gasteiger partial charge is 0.137 e. The molecule has 21 heavy (non-hydrogen) atoms. The van der Waals surface area contributed by atoms with Crippen molar-refractivity contribution in [3.05, 3.63) is 58.9 Å². The number of imidazole rings is 1. The molecular weight excluding hydrogens is 258 g/mol. The van der Waals surface area contributed by atoms with Crippen LogP contribution in [0.4, 0.5) is 0 Å². The van der Waals surface area contributed by atoms with E-state index in [-0.39, 0.29) is 0 Å². The molecule has 1 aromatic carbocycles. The number of benzene rings is 1. The van der Waals surface area contributed by atoms with Gasteiger partial charge in [-0.1, -0.05) is 17.7 Å². The van der Waals surface area contributed by atoms with Crippen LogP contribution in [0.5, 0.6) is 0 Å². The summed E-state index contributed by atoms with van der Waals surface area (Å²) in [5.41, 5.74) is 14.0. The van der Waals surface area contributed by atoms with Crippen LogP contribution in [0.3, 0.4) is 0 Å². The van der Waals surface area contributed by atoms with Crippen LogP contribution in [0.25, 0.3) is 16.9 Å². The van der Waals surface area contributed by atoms with Crippen LogP contribution < -0.4 is 5.73 Å². The van der Waals surface area contributed by atoms with Crippen molar-refractivity contribution in [3.8, 4) is 11.3 Å². The average molecular weight is 279 g/mol. The lowest BCUT2D eigenvalue weighted by atomic mass is 10.0. The van der Waals surface area contributed by atoms with E-state index in [1.807, 2.05) is 0 Å². The number of nitrogens with two attached hydrogens (primary N) is 1. The molecular formula is C18H21N3. The van der Waals surface area contributed by atoms with Crippen LogP contribution in [0.15, 0.2) is 36.5 Å². The lowest BCUT2D eigenvalue weighted by molar-refractivity contribution is 0.906.